The van der Waals surface area contributed by atoms with Gasteiger partial charge in [-0.15, -0.1) is 0 Å². The van der Waals surface area contributed by atoms with E-state index in [2.05, 4.69) is 18.8 Å². The lowest BCUT2D eigenvalue weighted by Crippen LogP contribution is -2.12. The van der Waals surface area contributed by atoms with Gasteiger partial charge >= 0.3 is 0 Å². The molecule has 0 fully saturated rings. The van der Waals surface area contributed by atoms with Crippen LogP contribution in [0.3, 0.4) is 0 Å². The third kappa shape index (κ3) is 3.54. The maximum Gasteiger partial charge on any atom is 0.119 e. The molecule has 0 heterocycles. The van der Waals surface area contributed by atoms with E-state index in [9.17, 15) is 0 Å². The van der Waals surface area contributed by atoms with E-state index in [-0.39, 0.29) is 0 Å². The van der Waals surface area contributed by atoms with Crippen molar-refractivity contribution in [3.8, 4) is 0 Å². The smallest absolute Gasteiger partial charge is 0.119 e. The van der Waals surface area contributed by atoms with Crippen molar-refractivity contribution in [1.82, 2.24) is 5.32 Å². The fraction of sp³-hybridized carbons (Fsp3) is 0.385. The molecule has 0 aromatic heterocycles. The summed E-state index contributed by atoms with van der Waals surface area (Å²) >= 11 is 6.17. The molecule has 1 rings (SSSR count). The monoisotopic (exact) mass is 239 g/mol. The molecule has 1 aromatic carbocycles. The average Bonchev–Trinajstić information content (AvgIpc) is 2.27. The predicted molar refractivity (Wildman–Crippen MR) is 69.5 cm³/mol. The molecule has 0 radical (unpaired) electrons. The van der Waals surface area contributed by atoms with Crippen molar-refractivity contribution < 1.29 is 4.74 Å². The van der Waals surface area contributed by atoms with Crippen LogP contribution in [0.15, 0.2) is 24.8 Å². The SMILES string of the molecule is C=C(OCC)c1ccc(CNCC)c(Cl)c1. The number of ether oxygens (including phenoxy) is 1. The summed E-state index contributed by atoms with van der Waals surface area (Å²) in [7, 11) is 0. The Kier molecular flexibility index (Phi) is 5.36. The molecule has 2 nitrogen and oxygen atoms in total. The second-order valence-corrected chi connectivity index (χ2v) is 3.85. The van der Waals surface area contributed by atoms with Crippen LogP contribution in [0.5, 0.6) is 0 Å². The Hall–Kier alpha value is -0.990. The highest BCUT2D eigenvalue weighted by atomic mass is 35.5. The van der Waals surface area contributed by atoms with Crippen molar-refractivity contribution in [1.29, 1.82) is 0 Å². The molecule has 1 N–H and O–H groups in total. The van der Waals surface area contributed by atoms with Crippen molar-refractivity contribution in [2.24, 2.45) is 0 Å². The number of rotatable bonds is 6. The van der Waals surface area contributed by atoms with Crippen molar-refractivity contribution in [3.05, 3.63) is 40.9 Å². The molecule has 3 heteroatoms. The fourth-order valence-corrected chi connectivity index (χ4v) is 1.63. The van der Waals surface area contributed by atoms with E-state index in [1.165, 1.54) is 0 Å². The maximum absolute atomic E-state index is 6.17. The van der Waals surface area contributed by atoms with Gasteiger partial charge in [0.1, 0.15) is 5.76 Å². The fourth-order valence-electron chi connectivity index (χ4n) is 1.38. The van der Waals surface area contributed by atoms with Crippen LogP contribution in [0, 0.1) is 0 Å². The Morgan fingerprint density at radius 3 is 2.75 bits per heavy atom. The van der Waals surface area contributed by atoms with Crippen molar-refractivity contribution in [3.63, 3.8) is 0 Å². The molecular formula is C13H18ClNO. The summed E-state index contributed by atoms with van der Waals surface area (Å²) in [6.45, 7) is 10.2. The van der Waals surface area contributed by atoms with Gasteiger partial charge in [-0.05, 0) is 25.1 Å². The van der Waals surface area contributed by atoms with E-state index in [1.54, 1.807) is 0 Å². The molecule has 0 atom stereocenters. The Balaban J connectivity index is 2.78. The molecule has 0 bridgehead atoms. The minimum absolute atomic E-state index is 0.621. The van der Waals surface area contributed by atoms with E-state index < -0.39 is 0 Å². The van der Waals surface area contributed by atoms with Crippen LogP contribution in [0.2, 0.25) is 5.02 Å². The van der Waals surface area contributed by atoms with Gasteiger partial charge in [0.25, 0.3) is 0 Å². The van der Waals surface area contributed by atoms with Crippen LogP contribution < -0.4 is 5.32 Å². The second-order valence-electron chi connectivity index (χ2n) is 3.44. The highest BCUT2D eigenvalue weighted by Gasteiger charge is 2.04. The summed E-state index contributed by atoms with van der Waals surface area (Å²) in [5.74, 6) is 0.666. The first-order valence-corrected chi connectivity index (χ1v) is 5.88. The predicted octanol–water partition coefficient (Wildman–Crippen LogP) is 3.46. The lowest BCUT2D eigenvalue weighted by molar-refractivity contribution is 0.299. The van der Waals surface area contributed by atoms with Crippen LogP contribution in [-0.2, 0) is 11.3 Å². The van der Waals surface area contributed by atoms with E-state index >= 15 is 0 Å². The number of halogens is 1. The lowest BCUT2D eigenvalue weighted by atomic mass is 10.1. The summed E-state index contributed by atoms with van der Waals surface area (Å²) in [5, 5.41) is 3.99. The van der Waals surface area contributed by atoms with Gasteiger partial charge in [0.05, 0.1) is 6.61 Å². The van der Waals surface area contributed by atoms with Crippen LogP contribution >= 0.6 is 11.6 Å². The molecular weight excluding hydrogens is 222 g/mol. The van der Waals surface area contributed by atoms with Gasteiger partial charge in [-0.2, -0.15) is 0 Å². The molecule has 0 unspecified atom stereocenters. The first kappa shape index (κ1) is 13.1. The van der Waals surface area contributed by atoms with Crippen LogP contribution in [-0.4, -0.2) is 13.2 Å². The van der Waals surface area contributed by atoms with Crippen molar-refractivity contribution in [2.75, 3.05) is 13.2 Å². The number of hydrogen-bond donors (Lipinski definition) is 1. The van der Waals surface area contributed by atoms with Gasteiger partial charge in [-0.3, -0.25) is 0 Å². The zero-order chi connectivity index (χ0) is 12.0. The van der Waals surface area contributed by atoms with Gasteiger partial charge < -0.3 is 10.1 Å². The van der Waals surface area contributed by atoms with Crippen LogP contribution in [0.25, 0.3) is 5.76 Å². The zero-order valence-electron chi connectivity index (χ0n) is 9.85. The van der Waals surface area contributed by atoms with E-state index in [0.717, 1.165) is 29.2 Å². The summed E-state index contributed by atoms with van der Waals surface area (Å²) in [4.78, 5) is 0. The Labute approximate surface area is 102 Å². The molecule has 0 aliphatic carbocycles. The first-order chi connectivity index (χ1) is 7.69. The number of nitrogens with one attached hydrogen (secondary N) is 1. The van der Waals surface area contributed by atoms with E-state index in [0.29, 0.717) is 12.4 Å². The Morgan fingerprint density at radius 1 is 1.44 bits per heavy atom. The normalized spacial score (nSPS) is 10.2. The molecule has 88 valence electrons. The molecule has 0 spiro atoms. The summed E-state index contributed by atoms with van der Waals surface area (Å²) in [5.41, 5.74) is 2.03. The molecule has 0 aliphatic heterocycles. The standard InChI is InChI=1S/C13H18ClNO/c1-4-15-9-12-7-6-11(8-13(12)14)10(3)16-5-2/h6-8,15H,3-5,9H2,1-2H3. The largest absolute Gasteiger partial charge is 0.494 e. The second kappa shape index (κ2) is 6.56. The minimum atomic E-state index is 0.621. The van der Waals surface area contributed by atoms with Gasteiger partial charge in [-0.1, -0.05) is 37.2 Å². The Bertz CT molecular complexity index is 363. The molecule has 1 aromatic rings. The average molecular weight is 240 g/mol. The molecule has 0 saturated heterocycles. The first-order valence-electron chi connectivity index (χ1n) is 5.50. The Morgan fingerprint density at radius 2 is 2.19 bits per heavy atom. The van der Waals surface area contributed by atoms with Crippen LogP contribution in [0.1, 0.15) is 25.0 Å². The van der Waals surface area contributed by atoms with E-state index in [4.69, 9.17) is 16.3 Å². The summed E-state index contributed by atoms with van der Waals surface area (Å²) in [6, 6.07) is 5.88. The minimum Gasteiger partial charge on any atom is -0.494 e. The lowest BCUT2D eigenvalue weighted by Gasteiger charge is -2.10. The molecule has 0 saturated carbocycles. The maximum atomic E-state index is 6.17. The van der Waals surface area contributed by atoms with Crippen molar-refractivity contribution in [2.45, 2.75) is 20.4 Å². The van der Waals surface area contributed by atoms with Gasteiger partial charge in [0.15, 0.2) is 0 Å². The molecule has 0 aliphatic rings. The van der Waals surface area contributed by atoms with Crippen molar-refractivity contribution >= 4 is 17.4 Å². The molecule has 0 amide bonds. The van der Waals surface area contributed by atoms with Gasteiger partial charge in [0, 0.05) is 17.1 Å². The molecule has 16 heavy (non-hydrogen) atoms. The highest BCUT2D eigenvalue weighted by molar-refractivity contribution is 6.31. The van der Waals surface area contributed by atoms with E-state index in [1.807, 2.05) is 25.1 Å². The quantitative estimate of drug-likeness (QED) is 0.768. The third-order valence-electron chi connectivity index (χ3n) is 2.26. The summed E-state index contributed by atoms with van der Waals surface area (Å²) < 4.78 is 5.34. The zero-order valence-corrected chi connectivity index (χ0v) is 10.6. The number of hydrogen-bond acceptors (Lipinski definition) is 2. The highest BCUT2D eigenvalue weighted by Crippen LogP contribution is 2.22. The van der Waals surface area contributed by atoms with Gasteiger partial charge in [0.2, 0.25) is 0 Å². The van der Waals surface area contributed by atoms with Crippen LogP contribution in [0.4, 0.5) is 0 Å². The number of benzene rings is 1. The topological polar surface area (TPSA) is 21.3 Å². The third-order valence-corrected chi connectivity index (χ3v) is 2.61. The van der Waals surface area contributed by atoms with Gasteiger partial charge in [-0.25, -0.2) is 0 Å². The summed E-state index contributed by atoms with van der Waals surface area (Å²) in [6.07, 6.45) is 0.